The van der Waals surface area contributed by atoms with Gasteiger partial charge in [-0.25, -0.2) is 0 Å². The lowest BCUT2D eigenvalue weighted by Crippen LogP contribution is -2.29. The van der Waals surface area contributed by atoms with Crippen molar-refractivity contribution in [3.05, 3.63) is 21.9 Å². The van der Waals surface area contributed by atoms with Crippen molar-refractivity contribution in [2.75, 3.05) is 0 Å². The van der Waals surface area contributed by atoms with Crippen molar-refractivity contribution >= 4 is 11.3 Å². The molecule has 0 saturated heterocycles. The van der Waals surface area contributed by atoms with Crippen LogP contribution in [0.15, 0.2) is 12.1 Å². The molecule has 1 unspecified atom stereocenters. The van der Waals surface area contributed by atoms with Gasteiger partial charge in [0, 0.05) is 22.3 Å². The Morgan fingerprint density at radius 3 is 2.79 bits per heavy atom. The van der Waals surface area contributed by atoms with Crippen LogP contribution in [0.2, 0.25) is 0 Å². The summed E-state index contributed by atoms with van der Waals surface area (Å²) in [6.07, 6.45) is 4.15. The van der Waals surface area contributed by atoms with Gasteiger partial charge in [0.15, 0.2) is 0 Å². The first-order chi connectivity index (χ1) is 6.79. The summed E-state index contributed by atoms with van der Waals surface area (Å²) in [5.74, 6) is 0.973. The minimum Gasteiger partial charge on any atom is -0.309 e. The lowest BCUT2D eigenvalue weighted by molar-refractivity contribution is 0.451. The van der Waals surface area contributed by atoms with E-state index >= 15 is 0 Å². The summed E-state index contributed by atoms with van der Waals surface area (Å²) in [7, 11) is 0. The average Bonchev–Trinajstić information content (AvgIpc) is 2.92. The lowest BCUT2D eigenvalue weighted by Gasteiger charge is -2.15. The molecule has 0 amide bonds. The van der Waals surface area contributed by atoms with Crippen molar-refractivity contribution in [1.29, 1.82) is 0 Å². The molecule has 0 aromatic carbocycles. The molecule has 1 N–H and O–H groups in total. The zero-order valence-electron chi connectivity index (χ0n) is 9.05. The zero-order valence-corrected chi connectivity index (χ0v) is 9.86. The molecule has 2 heteroatoms. The normalized spacial score (nSPS) is 18.4. The van der Waals surface area contributed by atoms with E-state index in [1.54, 1.807) is 0 Å². The van der Waals surface area contributed by atoms with Gasteiger partial charge in [0.05, 0.1) is 0 Å². The van der Waals surface area contributed by atoms with Crippen LogP contribution in [-0.2, 0) is 6.54 Å². The molecule has 1 aliphatic rings. The Balaban J connectivity index is 1.80. The van der Waals surface area contributed by atoms with Gasteiger partial charge in [-0.15, -0.1) is 11.3 Å². The summed E-state index contributed by atoms with van der Waals surface area (Å²) in [4.78, 5) is 2.89. The molecule has 1 heterocycles. The van der Waals surface area contributed by atoms with Crippen LogP contribution < -0.4 is 5.32 Å². The molecule has 1 nitrogen and oxygen atoms in total. The van der Waals surface area contributed by atoms with Crippen LogP contribution in [0.4, 0.5) is 0 Å². The molecule has 78 valence electrons. The Hall–Kier alpha value is -0.340. The quantitative estimate of drug-likeness (QED) is 0.784. The number of hydrogen-bond donors (Lipinski definition) is 1. The minimum atomic E-state index is 0.761. The van der Waals surface area contributed by atoms with Gasteiger partial charge in [-0.1, -0.05) is 6.92 Å². The van der Waals surface area contributed by atoms with E-state index in [1.165, 1.54) is 29.0 Å². The fraction of sp³-hybridized carbons (Fsp3) is 0.667. The molecule has 1 aliphatic carbocycles. The summed E-state index contributed by atoms with van der Waals surface area (Å²) < 4.78 is 0. The first-order valence-electron chi connectivity index (χ1n) is 5.58. The maximum absolute atomic E-state index is 3.67. The summed E-state index contributed by atoms with van der Waals surface area (Å²) in [6, 6.07) is 5.21. The van der Waals surface area contributed by atoms with Crippen LogP contribution in [0.5, 0.6) is 0 Å². The Kier molecular flexibility index (Phi) is 3.24. The van der Waals surface area contributed by atoms with Crippen LogP contribution in [0, 0.1) is 12.8 Å². The lowest BCUT2D eigenvalue weighted by atomic mass is 10.1. The van der Waals surface area contributed by atoms with E-state index in [0.29, 0.717) is 0 Å². The fourth-order valence-corrected chi connectivity index (χ4v) is 2.80. The Morgan fingerprint density at radius 2 is 2.29 bits per heavy atom. The number of thiophene rings is 1. The zero-order chi connectivity index (χ0) is 9.97. The molecule has 1 fully saturated rings. The molecule has 1 aromatic rings. The van der Waals surface area contributed by atoms with Gasteiger partial charge in [0.2, 0.25) is 0 Å². The molecule has 0 radical (unpaired) electrons. The van der Waals surface area contributed by atoms with Crippen molar-refractivity contribution in [2.45, 2.75) is 45.7 Å². The first kappa shape index (κ1) is 10.2. The van der Waals surface area contributed by atoms with Gasteiger partial charge in [-0.2, -0.15) is 0 Å². The highest BCUT2D eigenvalue weighted by atomic mass is 32.1. The third kappa shape index (κ3) is 2.58. The highest BCUT2D eigenvalue weighted by Crippen LogP contribution is 2.34. The number of aryl methyl sites for hydroxylation is 1. The van der Waals surface area contributed by atoms with Gasteiger partial charge in [0.1, 0.15) is 0 Å². The Morgan fingerprint density at radius 1 is 1.50 bits per heavy atom. The van der Waals surface area contributed by atoms with E-state index in [1.807, 2.05) is 11.3 Å². The van der Waals surface area contributed by atoms with E-state index in [9.17, 15) is 0 Å². The molecule has 1 saturated carbocycles. The first-order valence-corrected chi connectivity index (χ1v) is 6.40. The maximum atomic E-state index is 3.67. The largest absolute Gasteiger partial charge is 0.309 e. The minimum absolute atomic E-state index is 0.761. The monoisotopic (exact) mass is 209 g/mol. The van der Waals surface area contributed by atoms with Crippen molar-refractivity contribution in [3.8, 4) is 0 Å². The highest BCUT2D eigenvalue weighted by molar-refractivity contribution is 7.11. The van der Waals surface area contributed by atoms with E-state index in [-0.39, 0.29) is 0 Å². The second kappa shape index (κ2) is 4.45. The van der Waals surface area contributed by atoms with E-state index in [2.05, 4.69) is 31.3 Å². The summed E-state index contributed by atoms with van der Waals surface area (Å²) in [5.41, 5.74) is 0. The smallest absolute Gasteiger partial charge is 0.0302 e. The van der Waals surface area contributed by atoms with Crippen LogP contribution in [-0.4, -0.2) is 6.04 Å². The summed E-state index contributed by atoms with van der Waals surface area (Å²) in [6.45, 7) is 5.52. The highest BCUT2D eigenvalue weighted by Gasteiger charge is 2.29. The van der Waals surface area contributed by atoms with Crippen molar-refractivity contribution in [3.63, 3.8) is 0 Å². The number of rotatable bonds is 5. The predicted octanol–water partition coefficient (Wildman–Crippen LogP) is 3.33. The molecule has 14 heavy (non-hydrogen) atoms. The summed E-state index contributed by atoms with van der Waals surface area (Å²) >= 11 is 1.91. The van der Waals surface area contributed by atoms with Crippen LogP contribution >= 0.6 is 11.3 Å². The van der Waals surface area contributed by atoms with E-state index < -0.39 is 0 Å². The van der Waals surface area contributed by atoms with Gasteiger partial charge >= 0.3 is 0 Å². The van der Waals surface area contributed by atoms with Gasteiger partial charge < -0.3 is 5.32 Å². The number of hydrogen-bond acceptors (Lipinski definition) is 2. The second-order valence-electron chi connectivity index (χ2n) is 4.25. The topological polar surface area (TPSA) is 12.0 Å². The predicted molar refractivity (Wildman–Crippen MR) is 62.7 cm³/mol. The molecule has 1 atom stereocenters. The van der Waals surface area contributed by atoms with Gasteiger partial charge in [0.25, 0.3) is 0 Å². The van der Waals surface area contributed by atoms with Crippen molar-refractivity contribution < 1.29 is 0 Å². The average molecular weight is 209 g/mol. The molecular formula is C12H19NS. The fourth-order valence-electron chi connectivity index (χ4n) is 1.95. The molecule has 1 aromatic heterocycles. The Labute approximate surface area is 90.5 Å². The van der Waals surface area contributed by atoms with Crippen molar-refractivity contribution in [1.82, 2.24) is 5.32 Å². The van der Waals surface area contributed by atoms with Gasteiger partial charge in [-0.05, 0) is 44.2 Å². The molecule has 0 bridgehead atoms. The standard InChI is InChI=1S/C12H19NS/c1-3-12(10-5-6-10)13-8-11-7-4-9(2)14-11/h4,7,10,12-13H,3,5-6,8H2,1-2H3. The molecular weight excluding hydrogens is 190 g/mol. The third-order valence-electron chi connectivity index (χ3n) is 2.97. The molecule has 0 aliphatic heterocycles. The van der Waals surface area contributed by atoms with E-state index in [4.69, 9.17) is 0 Å². The van der Waals surface area contributed by atoms with Crippen LogP contribution in [0.3, 0.4) is 0 Å². The number of nitrogens with one attached hydrogen (secondary N) is 1. The van der Waals surface area contributed by atoms with Crippen LogP contribution in [0.1, 0.15) is 35.9 Å². The van der Waals surface area contributed by atoms with Crippen LogP contribution in [0.25, 0.3) is 0 Å². The molecule has 0 spiro atoms. The van der Waals surface area contributed by atoms with E-state index in [0.717, 1.165) is 18.5 Å². The van der Waals surface area contributed by atoms with Crippen molar-refractivity contribution in [2.24, 2.45) is 5.92 Å². The Bertz CT molecular complexity index is 288. The second-order valence-corrected chi connectivity index (χ2v) is 5.62. The summed E-state index contributed by atoms with van der Waals surface area (Å²) in [5, 5.41) is 3.67. The maximum Gasteiger partial charge on any atom is 0.0302 e. The van der Waals surface area contributed by atoms with Gasteiger partial charge in [-0.3, -0.25) is 0 Å². The third-order valence-corrected chi connectivity index (χ3v) is 3.97. The SMILES string of the molecule is CCC(NCc1ccc(C)s1)C1CC1. The molecule has 2 rings (SSSR count).